The van der Waals surface area contributed by atoms with E-state index in [-0.39, 0.29) is 0 Å². The molecule has 1 aromatic carbocycles. The molecule has 0 spiro atoms. The summed E-state index contributed by atoms with van der Waals surface area (Å²) >= 11 is 9.54. The van der Waals surface area contributed by atoms with Crippen LogP contribution in [0.4, 0.5) is 0 Å². The van der Waals surface area contributed by atoms with Gasteiger partial charge in [-0.15, -0.1) is 0 Å². The van der Waals surface area contributed by atoms with Gasteiger partial charge in [0.05, 0.1) is 5.02 Å². The molecule has 2 saturated carbocycles. The van der Waals surface area contributed by atoms with Crippen molar-refractivity contribution in [3.8, 4) is 0 Å². The van der Waals surface area contributed by atoms with Crippen LogP contribution in [0.1, 0.15) is 30.7 Å². The molecule has 0 bridgehead atoms. The molecule has 1 nitrogen and oxygen atoms in total. The monoisotopic (exact) mass is 299 g/mol. The van der Waals surface area contributed by atoms with Gasteiger partial charge in [-0.05, 0) is 71.3 Å². The summed E-state index contributed by atoms with van der Waals surface area (Å²) in [4.78, 5) is 0. The second-order valence-electron chi connectivity index (χ2n) is 4.96. The Kier molecular flexibility index (Phi) is 2.99. The van der Waals surface area contributed by atoms with E-state index in [4.69, 9.17) is 11.6 Å². The van der Waals surface area contributed by atoms with Crippen LogP contribution < -0.4 is 5.32 Å². The van der Waals surface area contributed by atoms with Gasteiger partial charge in [0.25, 0.3) is 0 Å². The molecule has 16 heavy (non-hydrogen) atoms. The third-order valence-corrected chi connectivity index (χ3v) is 4.77. The molecule has 0 saturated heterocycles. The minimum Gasteiger partial charge on any atom is -0.314 e. The van der Waals surface area contributed by atoms with Crippen molar-refractivity contribution in [2.45, 2.75) is 31.2 Å². The van der Waals surface area contributed by atoms with Crippen molar-refractivity contribution < 1.29 is 0 Å². The molecule has 3 rings (SSSR count). The van der Waals surface area contributed by atoms with Gasteiger partial charge in [0.1, 0.15) is 0 Å². The lowest BCUT2D eigenvalue weighted by molar-refractivity contribution is 0.624. The quantitative estimate of drug-likeness (QED) is 0.887. The van der Waals surface area contributed by atoms with Crippen LogP contribution in [-0.2, 0) is 0 Å². The molecular formula is C13H15BrClN. The van der Waals surface area contributed by atoms with Crippen LogP contribution in [-0.4, -0.2) is 12.6 Å². The summed E-state index contributed by atoms with van der Waals surface area (Å²) in [7, 11) is 0. The highest BCUT2D eigenvalue weighted by Crippen LogP contribution is 2.48. The van der Waals surface area contributed by atoms with Crippen LogP contribution >= 0.6 is 27.5 Å². The van der Waals surface area contributed by atoms with Gasteiger partial charge < -0.3 is 5.32 Å². The van der Waals surface area contributed by atoms with E-state index in [1.807, 2.05) is 0 Å². The van der Waals surface area contributed by atoms with Gasteiger partial charge in [-0.2, -0.15) is 0 Å². The fourth-order valence-corrected chi connectivity index (χ4v) is 2.67. The lowest BCUT2D eigenvalue weighted by Gasteiger charge is -2.04. The molecule has 2 aliphatic rings. The first kappa shape index (κ1) is 11.1. The Morgan fingerprint density at radius 1 is 1.38 bits per heavy atom. The van der Waals surface area contributed by atoms with E-state index < -0.39 is 0 Å². The Bertz CT molecular complexity index is 403. The molecule has 0 aromatic heterocycles. The molecule has 2 atom stereocenters. The normalized spacial score (nSPS) is 28.1. The zero-order valence-corrected chi connectivity index (χ0v) is 11.4. The summed E-state index contributed by atoms with van der Waals surface area (Å²) in [6.45, 7) is 1.18. The van der Waals surface area contributed by atoms with Crippen molar-refractivity contribution in [1.82, 2.24) is 5.32 Å². The minimum absolute atomic E-state index is 0.733. The molecule has 86 valence electrons. The average Bonchev–Trinajstić information content (AvgIpc) is 3.13. The van der Waals surface area contributed by atoms with Gasteiger partial charge >= 0.3 is 0 Å². The van der Waals surface area contributed by atoms with Crippen molar-refractivity contribution in [3.63, 3.8) is 0 Å². The molecule has 0 amide bonds. The second kappa shape index (κ2) is 4.32. The summed E-state index contributed by atoms with van der Waals surface area (Å²) in [6.07, 6.45) is 4.07. The van der Waals surface area contributed by atoms with E-state index in [0.29, 0.717) is 0 Å². The number of hydrogen-bond acceptors (Lipinski definition) is 1. The van der Waals surface area contributed by atoms with E-state index in [1.165, 1.54) is 31.4 Å². The van der Waals surface area contributed by atoms with Gasteiger partial charge in [0.2, 0.25) is 0 Å². The van der Waals surface area contributed by atoms with Crippen molar-refractivity contribution >= 4 is 27.5 Å². The van der Waals surface area contributed by atoms with E-state index in [2.05, 4.69) is 39.4 Å². The topological polar surface area (TPSA) is 12.0 Å². The van der Waals surface area contributed by atoms with Gasteiger partial charge in [0.15, 0.2) is 0 Å². The predicted octanol–water partition coefficient (Wildman–Crippen LogP) is 3.96. The molecule has 0 radical (unpaired) electrons. The van der Waals surface area contributed by atoms with Crippen LogP contribution in [0.5, 0.6) is 0 Å². The van der Waals surface area contributed by atoms with Crippen LogP contribution in [0.2, 0.25) is 5.02 Å². The molecule has 1 aromatic rings. The highest BCUT2D eigenvalue weighted by molar-refractivity contribution is 9.10. The summed E-state index contributed by atoms with van der Waals surface area (Å²) in [6, 6.07) is 7.18. The second-order valence-corrected chi connectivity index (χ2v) is 6.22. The molecule has 0 heterocycles. The average molecular weight is 301 g/mol. The maximum atomic E-state index is 6.11. The highest BCUT2D eigenvalue weighted by atomic mass is 79.9. The zero-order valence-electron chi connectivity index (χ0n) is 9.05. The molecular weight excluding hydrogens is 286 g/mol. The Morgan fingerprint density at radius 2 is 2.19 bits per heavy atom. The first-order valence-corrected chi connectivity index (χ1v) is 7.09. The predicted molar refractivity (Wildman–Crippen MR) is 71.0 cm³/mol. The van der Waals surface area contributed by atoms with Crippen LogP contribution in [0.25, 0.3) is 0 Å². The molecule has 3 heteroatoms. The van der Waals surface area contributed by atoms with Crippen molar-refractivity contribution in [1.29, 1.82) is 0 Å². The number of halogens is 2. The lowest BCUT2D eigenvalue weighted by atomic mass is 10.1. The summed E-state index contributed by atoms with van der Waals surface area (Å²) < 4.78 is 0.992. The van der Waals surface area contributed by atoms with Crippen LogP contribution in [0, 0.1) is 5.92 Å². The number of hydrogen-bond donors (Lipinski definition) is 1. The maximum absolute atomic E-state index is 6.11. The Labute approximate surface area is 110 Å². The first-order chi connectivity index (χ1) is 7.74. The molecule has 1 N–H and O–H groups in total. The highest BCUT2D eigenvalue weighted by Gasteiger charge is 2.39. The van der Waals surface area contributed by atoms with Crippen molar-refractivity contribution in [2.75, 3.05) is 6.54 Å². The molecule has 2 fully saturated rings. The fraction of sp³-hybridized carbons (Fsp3) is 0.538. The zero-order chi connectivity index (χ0) is 11.1. The Balaban J connectivity index is 1.59. The Morgan fingerprint density at radius 3 is 2.88 bits per heavy atom. The summed E-state index contributed by atoms with van der Waals surface area (Å²) in [5.74, 6) is 1.56. The van der Waals surface area contributed by atoms with Crippen LogP contribution in [0.15, 0.2) is 22.7 Å². The number of rotatable bonds is 4. The van der Waals surface area contributed by atoms with Crippen molar-refractivity contribution in [2.24, 2.45) is 5.92 Å². The number of benzene rings is 1. The number of nitrogens with one attached hydrogen (secondary N) is 1. The Hall–Kier alpha value is -0.0500. The molecule has 2 aliphatic carbocycles. The lowest BCUT2D eigenvalue weighted by Crippen LogP contribution is -2.19. The first-order valence-electron chi connectivity index (χ1n) is 5.92. The summed E-state index contributed by atoms with van der Waals surface area (Å²) in [5.41, 5.74) is 1.40. The van der Waals surface area contributed by atoms with E-state index in [9.17, 15) is 0 Å². The smallest absolute Gasteiger partial charge is 0.0550 e. The van der Waals surface area contributed by atoms with Gasteiger partial charge in [-0.1, -0.05) is 17.7 Å². The maximum Gasteiger partial charge on any atom is 0.0550 e. The van der Waals surface area contributed by atoms with Gasteiger partial charge in [0, 0.05) is 10.5 Å². The van der Waals surface area contributed by atoms with E-state index >= 15 is 0 Å². The minimum atomic E-state index is 0.733. The molecule has 2 unspecified atom stereocenters. The standard InChI is InChI=1S/C13H15BrClN/c14-12-4-1-8(6-13(12)15)11-5-9(11)7-16-10-2-3-10/h1,4,6,9-11,16H,2-3,5,7H2. The van der Waals surface area contributed by atoms with Crippen LogP contribution in [0.3, 0.4) is 0 Å². The van der Waals surface area contributed by atoms with E-state index in [1.54, 1.807) is 0 Å². The SMILES string of the molecule is Clc1cc(C2CC2CNC2CC2)ccc1Br. The third kappa shape index (κ3) is 2.44. The van der Waals surface area contributed by atoms with Gasteiger partial charge in [-0.3, -0.25) is 0 Å². The largest absolute Gasteiger partial charge is 0.314 e. The molecule has 0 aliphatic heterocycles. The van der Waals surface area contributed by atoms with Crippen molar-refractivity contribution in [3.05, 3.63) is 33.3 Å². The summed E-state index contributed by atoms with van der Waals surface area (Å²) in [5, 5.41) is 4.43. The third-order valence-electron chi connectivity index (χ3n) is 3.54. The van der Waals surface area contributed by atoms with Gasteiger partial charge in [-0.25, -0.2) is 0 Å². The fourth-order valence-electron chi connectivity index (χ4n) is 2.23. The van der Waals surface area contributed by atoms with E-state index in [0.717, 1.165) is 27.4 Å².